The van der Waals surface area contributed by atoms with Gasteiger partial charge in [0.25, 0.3) is 0 Å². The number of hydrogen-bond donors (Lipinski definition) is 2. The summed E-state index contributed by atoms with van der Waals surface area (Å²) in [5, 5.41) is 6.37. The van der Waals surface area contributed by atoms with Gasteiger partial charge in [-0.2, -0.15) is 0 Å². The minimum atomic E-state index is -4.44. The zero-order valence-electron chi connectivity index (χ0n) is 14.1. The van der Waals surface area contributed by atoms with E-state index in [0.717, 1.165) is 12.8 Å². The number of unbranched alkanes of at least 4 members (excludes halogenated alkanes) is 6. The Kier molecular flexibility index (Phi) is 8.93. The predicted octanol–water partition coefficient (Wildman–Crippen LogP) is 0.899. The van der Waals surface area contributed by atoms with Gasteiger partial charge in [0.15, 0.2) is 0 Å². The molecule has 0 amide bonds. The Labute approximate surface area is 161 Å². The number of hydrogen-bond acceptors (Lipinski definition) is 5. The second-order valence-corrected chi connectivity index (χ2v) is 7.23. The van der Waals surface area contributed by atoms with Crippen molar-refractivity contribution in [3.8, 4) is 0 Å². The number of rotatable bonds is 9. The zero-order valence-corrected chi connectivity index (χ0v) is 16.9. The minimum absolute atomic E-state index is 0. The molecule has 0 saturated heterocycles. The molecule has 1 atom stereocenters. The van der Waals surface area contributed by atoms with Crippen molar-refractivity contribution in [1.82, 2.24) is 0 Å². The summed E-state index contributed by atoms with van der Waals surface area (Å²) in [5.41, 5.74) is 1.12. The number of para-hydroxylation sites is 1. The molecule has 2 rings (SSSR count). The first-order chi connectivity index (χ1) is 10.5. The molecule has 0 fully saturated rings. The molecule has 0 aliphatic carbocycles. The molecular weight excluding hydrogens is 323 g/mol. The Morgan fingerprint density at radius 3 is 2.35 bits per heavy atom. The summed E-state index contributed by atoms with van der Waals surface area (Å²) in [6.45, 7) is 2.21. The molecule has 124 valence electrons. The largest absolute Gasteiger partial charge is 1.00 e. The molecule has 1 aliphatic rings. The molecule has 1 heterocycles. The molecule has 2 N–H and O–H groups in total. The van der Waals surface area contributed by atoms with Crippen molar-refractivity contribution in [1.29, 1.82) is 0 Å². The third-order valence-corrected chi connectivity index (χ3v) is 4.92. The van der Waals surface area contributed by atoms with Gasteiger partial charge in [0.1, 0.15) is 10.1 Å². The van der Waals surface area contributed by atoms with E-state index in [4.69, 9.17) is 0 Å². The van der Waals surface area contributed by atoms with Gasteiger partial charge in [-0.3, -0.25) is 0 Å². The molecular formula is C16H25N2NaO3S. The monoisotopic (exact) mass is 348 g/mol. The van der Waals surface area contributed by atoms with Crippen LogP contribution < -0.4 is 40.2 Å². The smallest absolute Gasteiger partial charge is 0.744 e. The molecule has 1 aliphatic heterocycles. The average Bonchev–Trinajstić information content (AvgIpc) is 2.87. The van der Waals surface area contributed by atoms with Crippen molar-refractivity contribution in [3.63, 3.8) is 0 Å². The molecule has 1 aromatic carbocycles. The average molecular weight is 348 g/mol. The summed E-state index contributed by atoms with van der Waals surface area (Å²) in [7, 11) is -4.44. The van der Waals surface area contributed by atoms with Crippen LogP contribution in [0.2, 0.25) is 0 Å². The van der Waals surface area contributed by atoms with E-state index < -0.39 is 10.1 Å². The number of nitrogens with one attached hydrogen (secondary N) is 2. The minimum Gasteiger partial charge on any atom is -0.744 e. The van der Waals surface area contributed by atoms with Crippen molar-refractivity contribution in [2.45, 2.75) is 69.4 Å². The van der Waals surface area contributed by atoms with Gasteiger partial charge in [0, 0.05) is 0 Å². The van der Waals surface area contributed by atoms with E-state index >= 15 is 0 Å². The molecule has 0 saturated carbocycles. The summed E-state index contributed by atoms with van der Waals surface area (Å²) < 4.78 is 33.8. The quantitative estimate of drug-likeness (QED) is 0.394. The Morgan fingerprint density at radius 2 is 1.70 bits per heavy atom. The van der Waals surface area contributed by atoms with Crippen molar-refractivity contribution in [3.05, 3.63) is 18.2 Å². The molecule has 1 unspecified atom stereocenters. The summed E-state index contributed by atoms with van der Waals surface area (Å²) >= 11 is 0. The van der Waals surface area contributed by atoms with Gasteiger partial charge in [0.05, 0.1) is 22.4 Å². The Balaban J connectivity index is 0.00000264. The molecule has 7 heteroatoms. The SMILES string of the molecule is CCCCCCCCCC1Nc2cccc(S(=O)(=O)[O-])c2N1.[Na+]. The molecule has 0 spiro atoms. The van der Waals surface area contributed by atoms with E-state index in [1.165, 1.54) is 44.6 Å². The van der Waals surface area contributed by atoms with Gasteiger partial charge in [-0.05, 0) is 25.0 Å². The fraction of sp³-hybridized carbons (Fsp3) is 0.625. The van der Waals surface area contributed by atoms with Gasteiger partial charge >= 0.3 is 29.6 Å². The van der Waals surface area contributed by atoms with Gasteiger partial charge in [-0.15, -0.1) is 0 Å². The topological polar surface area (TPSA) is 81.3 Å². The maximum atomic E-state index is 11.3. The zero-order chi connectivity index (χ0) is 16.0. The molecule has 5 nitrogen and oxygen atoms in total. The van der Waals surface area contributed by atoms with Gasteiger partial charge in [-0.25, -0.2) is 8.42 Å². The fourth-order valence-corrected chi connectivity index (χ4v) is 3.52. The van der Waals surface area contributed by atoms with Gasteiger partial charge in [-0.1, -0.05) is 51.5 Å². The maximum Gasteiger partial charge on any atom is 1.00 e. The van der Waals surface area contributed by atoms with Crippen molar-refractivity contribution < 1.29 is 42.5 Å². The van der Waals surface area contributed by atoms with Gasteiger partial charge in [0.2, 0.25) is 0 Å². The van der Waals surface area contributed by atoms with E-state index in [-0.39, 0.29) is 40.6 Å². The fourth-order valence-electron chi connectivity index (χ4n) is 2.86. The second-order valence-electron chi connectivity index (χ2n) is 5.88. The normalized spacial score (nSPS) is 16.2. The Bertz CT molecular complexity index is 593. The van der Waals surface area contributed by atoms with E-state index in [9.17, 15) is 13.0 Å². The van der Waals surface area contributed by atoms with E-state index in [1.54, 1.807) is 12.1 Å². The molecule has 23 heavy (non-hydrogen) atoms. The van der Waals surface area contributed by atoms with Gasteiger partial charge < -0.3 is 15.2 Å². The third-order valence-electron chi connectivity index (χ3n) is 4.04. The summed E-state index contributed by atoms with van der Waals surface area (Å²) in [4.78, 5) is -0.167. The molecule has 1 aromatic rings. The van der Waals surface area contributed by atoms with Crippen LogP contribution >= 0.6 is 0 Å². The Morgan fingerprint density at radius 1 is 1.04 bits per heavy atom. The van der Waals surface area contributed by atoms with Crippen LogP contribution in [0.5, 0.6) is 0 Å². The van der Waals surface area contributed by atoms with Crippen molar-refractivity contribution >= 4 is 21.5 Å². The number of fused-ring (bicyclic) bond motifs is 1. The Hall–Kier alpha value is -0.270. The molecule has 0 aromatic heterocycles. The van der Waals surface area contributed by atoms with Crippen LogP contribution in [0, 0.1) is 0 Å². The summed E-state index contributed by atoms with van der Waals surface area (Å²) in [6.07, 6.45) is 9.63. The summed E-state index contributed by atoms with van der Waals surface area (Å²) in [6, 6.07) is 4.74. The van der Waals surface area contributed by atoms with Crippen LogP contribution in [0.25, 0.3) is 0 Å². The first-order valence-electron chi connectivity index (χ1n) is 8.14. The third kappa shape index (κ3) is 6.27. The first kappa shape index (κ1) is 20.8. The van der Waals surface area contributed by atoms with E-state index in [0.29, 0.717) is 11.4 Å². The molecule has 0 bridgehead atoms. The second kappa shape index (κ2) is 9.89. The van der Waals surface area contributed by atoms with E-state index in [1.807, 2.05) is 0 Å². The van der Waals surface area contributed by atoms with Crippen molar-refractivity contribution in [2.75, 3.05) is 10.6 Å². The van der Waals surface area contributed by atoms with Crippen LogP contribution in [0.15, 0.2) is 23.1 Å². The van der Waals surface area contributed by atoms with E-state index in [2.05, 4.69) is 17.6 Å². The van der Waals surface area contributed by atoms with Crippen LogP contribution in [0.3, 0.4) is 0 Å². The number of benzene rings is 1. The molecule has 0 radical (unpaired) electrons. The van der Waals surface area contributed by atoms with Crippen molar-refractivity contribution in [2.24, 2.45) is 0 Å². The van der Waals surface area contributed by atoms with Crippen LogP contribution in [-0.2, 0) is 10.1 Å². The van der Waals surface area contributed by atoms with Crippen LogP contribution in [0.1, 0.15) is 58.3 Å². The van der Waals surface area contributed by atoms with Crippen LogP contribution in [-0.4, -0.2) is 19.1 Å². The van der Waals surface area contributed by atoms with Crippen LogP contribution in [0.4, 0.5) is 11.4 Å². The predicted molar refractivity (Wildman–Crippen MR) is 88.0 cm³/mol. The first-order valence-corrected chi connectivity index (χ1v) is 9.55. The summed E-state index contributed by atoms with van der Waals surface area (Å²) in [5.74, 6) is 0. The standard InChI is InChI=1S/C16H26N2O3S.Na/c1-2-3-4-5-6-7-8-12-15-17-13-10-9-11-14(16(13)18-15)22(19,20)21;/h9-11,15,17-18H,2-8,12H2,1H3,(H,19,20,21);/q;+1/p-1. The number of anilines is 2. The maximum absolute atomic E-state index is 11.3.